The predicted molar refractivity (Wildman–Crippen MR) is 25.0 cm³/mol. The standard InChI is InChI=1S/C2H5NO3S/c3-7-6-2(5)1-4/h4H,1,3H2. The van der Waals surface area contributed by atoms with E-state index in [0.717, 1.165) is 0 Å². The average molecular weight is 123 g/mol. The Hall–Kier alpha value is -0.260. The van der Waals surface area contributed by atoms with Gasteiger partial charge in [0.1, 0.15) is 18.8 Å². The van der Waals surface area contributed by atoms with Crippen LogP contribution >= 0.6 is 12.2 Å². The van der Waals surface area contributed by atoms with E-state index >= 15 is 0 Å². The lowest BCUT2D eigenvalue weighted by molar-refractivity contribution is -0.136. The Labute approximate surface area is 45.0 Å². The first-order valence-corrected chi connectivity index (χ1v) is 2.29. The molecule has 0 bridgehead atoms. The van der Waals surface area contributed by atoms with Crippen LogP contribution in [0.5, 0.6) is 0 Å². The van der Waals surface area contributed by atoms with Gasteiger partial charge >= 0.3 is 5.97 Å². The van der Waals surface area contributed by atoms with Crippen LogP contribution in [0, 0.1) is 0 Å². The molecule has 0 aromatic rings. The van der Waals surface area contributed by atoms with Gasteiger partial charge < -0.3 is 9.29 Å². The quantitative estimate of drug-likeness (QED) is 0.365. The lowest BCUT2D eigenvalue weighted by atomic mass is 10.8. The van der Waals surface area contributed by atoms with E-state index in [9.17, 15) is 4.79 Å². The third kappa shape index (κ3) is 3.57. The van der Waals surface area contributed by atoms with Crippen molar-refractivity contribution < 1.29 is 14.1 Å². The van der Waals surface area contributed by atoms with E-state index in [-0.39, 0.29) is 0 Å². The van der Waals surface area contributed by atoms with Crippen LogP contribution in [0.2, 0.25) is 0 Å². The van der Waals surface area contributed by atoms with Gasteiger partial charge in [-0.15, -0.1) is 0 Å². The number of carbonyl (C=O) groups excluding carboxylic acids is 1. The molecule has 0 amide bonds. The Balaban J connectivity index is 3.00. The molecular formula is C2H5NO3S. The number of aliphatic hydroxyl groups is 1. The topological polar surface area (TPSA) is 72.5 Å². The molecule has 0 fully saturated rings. The molecule has 42 valence electrons. The molecule has 3 N–H and O–H groups in total. The minimum absolute atomic E-state index is 0.425. The molecule has 4 nitrogen and oxygen atoms in total. The summed E-state index contributed by atoms with van der Waals surface area (Å²) in [7, 11) is 0. The Morgan fingerprint density at radius 2 is 2.57 bits per heavy atom. The zero-order valence-electron chi connectivity index (χ0n) is 3.46. The summed E-state index contributed by atoms with van der Waals surface area (Å²) in [5.74, 6) is -0.729. The number of aliphatic hydroxyl groups excluding tert-OH is 1. The molecule has 0 atom stereocenters. The monoisotopic (exact) mass is 123 g/mol. The summed E-state index contributed by atoms with van der Waals surface area (Å²) < 4.78 is 4.00. The smallest absolute Gasteiger partial charge is 0.344 e. The molecule has 0 aromatic heterocycles. The van der Waals surface area contributed by atoms with Gasteiger partial charge in [-0.05, 0) is 0 Å². The maximum Gasteiger partial charge on any atom is 0.344 e. The van der Waals surface area contributed by atoms with Gasteiger partial charge in [0.15, 0.2) is 0 Å². The summed E-state index contributed by atoms with van der Waals surface area (Å²) in [6, 6.07) is 0. The van der Waals surface area contributed by atoms with E-state index in [1.165, 1.54) is 0 Å². The zero-order valence-corrected chi connectivity index (χ0v) is 4.27. The highest BCUT2D eigenvalue weighted by Crippen LogP contribution is 1.87. The molecule has 0 rings (SSSR count). The average Bonchev–Trinajstić information content (AvgIpc) is 1.68. The van der Waals surface area contributed by atoms with Crippen molar-refractivity contribution in [2.45, 2.75) is 0 Å². The lowest BCUT2D eigenvalue weighted by Gasteiger charge is -1.90. The first kappa shape index (κ1) is 6.74. The second kappa shape index (κ2) is 3.91. The molecule has 0 unspecified atom stereocenters. The molecule has 0 saturated carbocycles. The molecule has 0 aliphatic rings. The first-order chi connectivity index (χ1) is 3.31. The van der Waals surface area contributed by atoms with Gasteiger partial charge in [0.25, 0.3) is 0 Å². The summed E-state index contributed by atoms with van der Waals surface area (Å²) in [4.78, 5) is 9.84. The SMILES string of the molecule is NSOC(=O)CO. The summed E-state index contributed by atoms with van der Waals surface area (Å²) in [5.41, 5.74) is 0. The van der Waals surface area contributed by atoms with Crippen LogP contribution in [0.15, 0.2) is 0 Å². The minimum atomic E-state index is -0.729. The van der Waals surface area contributed by atoms with E-state index in [4.69, 9.17) is 5.11 Å². The molecule has 7 heavy (non-hydrogen) atoms. The molecule has 0 radical (unpaired) electrons. The van der Waals surface area contributed by atoms with Crippen molar-refractivity contribution in [3.63, 3.8) is 0 Å². The maximum atomic E-state index is 9.84. The van der Waals surface area contributed by atoms with Gasteiger partial charge in [-0.25, -0.2) is 9.93 Å². The van der Waals surface area contributed by atoms with Crippen molar-refractivity contribution >= 4 is 18.2 Å². The van der Waals surface area contributed by atoms with Crippen LogP contribution in [-0.4, -0.2) is 17.7 Å². The van der Waals surface area contributed by atoms with Crippen molar-refractivity contribution in [2.24, 2.45) is 5.14 Å². The van der Waals surface area contributed by atoms with Crippen molar-refractivity contribution in [3.05, 3.63) is 0 Å². The number of nitrogens with two attached hydrogens (primary N) is 1. The fraction of sp³-hybridized carbons (Fsp3) is 0.500. The largest absolute Gasteiger partial charge is 0.385 e. The summed E-state index contributed by atoms with van der Waals surface area (Å²) >= 11 is 0.425. The van der Waals surface area contributed by atoms with Crippen LogP contribution in [0.25, 0.3) is 0 Å². The van der Waals surface area contributed by atoms with E-state index in [0.29, 0.717) is 12.2 Å². The number of hydrogen-bond acceptors (Lipinski definition) is 5. The molecule has 0 heterocycles. The molecule has 0 saturated heterocycles. The van der Waals surface area contributed by atoms with Gasteiger partial charge in [-0.2, -0.15) is 0 Å². The second-order valence-corrected chi connectivity index (χ2v) is 1.07. The highest BCUT2D eigenvalue weighted by atomic mass is 32.2. The maximum absolute atomic E-state index is 9.84. The number of rotatable bonds is 2. The number of carbonyl (C=O) groups is 1. The van der Waals surface area contributed by atoms with Gasteiger partial charge in [0.05, 0.1) is 0 Å². The summed E-state index contributed by atoms with van der Waals surface area (Å²) in [6.45, 7) is -0.621. The van der Waals surface area contributed by atoms with Crippen molar-refractivity contribution in [2.75, 3.05) is 6.61 Å². The summed E-state index contributed by atoms with van der Waals surface area (Å²) in [5, 5.41) is 12.6. The lowest BCUT2D eigenvalue weighted by Crippen LogP contribution is -2.04. The van der Waals surface area contributed by atoms with Crippen molar-refractivity contribution in [3.8, 4) is 0 Å². The van der Waals surface area contributed by atoms with E-state index in [1.54, 1.807) is 0 Å². The van der Waals surface area contributed by atoms with Crippen LogP contribution in [0.1, 0.15) is 0 Å². The first-order valence-electron chi connectivity index (χ1n) is 1.48. The van der Waals surface area contributed by atoms with E-state index < -0.39 is 12.6 Å². The van der Waals surface area contributed by atoms with E-state index in [2.05, 4.69) is 9.32 Å². The molecule has 0 aliphatic heterocycles. The zero-order chi connectivity index (χ0) is 5.70. The molecular weight excluding hydrogens is 118 g/mol. The Bertz CT molecular complexity index is 66.0. The predicted octanol–water partition coefficient (Wildman–Crippen LogP) is -0.956. The van der Waals surface area contributed by atoms with Crippen molar-refractivity contribution in [1.82, 2.24) is 0 Å². The third-order valence-electron chi connectivity index (χ3n) is 0.270. The molecule has 0 aromatic carbocycles. The minimum Gasteiger partial charge on any atom is -0.385 e. The fourth-order valence-electron chi connectivity index (χ4n) is 0.0800. The van der Waals surface area contributed by atoms with Gasteiger partial charge in [-0.1, -0.05) is 0 Å². The fourth-order valence-corrected chi connectivity index (χ4v) is 0.240. The molecule has 0 aliphatic carbocycles. The van der Waals surface area contributed by atoms with Gasteiger partial charge in [0, 0.05) is 0 Å². The normalized spacial score (nSPS) is 8.29. The van der Waals surface area contributed by atoms with Crippen molar-refractivity contribution in [1.29, 1.82) is 0 Å². The molecule has 5 heteroatoms. The highest BCUT2D eigenvalue weighted by Gasteiger charge is 1.94. The Morgan fingerprint density at radius 3 is 2.71 bits per heavy atom. The Morgan fingerprint density at radius 1 is 2.00 bits per heavy atom. The highest BCUT2D eigenvalue weighted by molar-refractivity contribution is 7.92. The van der Waals surface area contributed by atoms with Gasteiger partial charge in [-0.3, -0.25) is 0 Å². The van der Waals surface area contributed by atoms with Crippen LogP contribution < -0.4 is 5.14 Å². The number of hydrogen-bond donors (Lipinski definition) is 2. The second-order valence-electron chi connectivity index (χ2n) is 0.710. The third-order valence-corrected chi connectivity index (χ3v) is 0.552. The van der Waals surface area contributed by atoms with E-state index in [1.807, 2.05) is 0 Å². The Kier molecular flexibility index (Phi) is 3.77. The van der Waals surface area contributed by atoms with Gasteiger partial charge in [0.2, 0.25) is 0 Å². The van der Waals surface area contributed by atoms with Crippen LogP contribution in [0.4, 0.5) is 0 Å². The summed E-state index contributed by atoms with van der Waals surface area (Å²) in [6.07, 6.45) is 0. The van der Waals surface area contributed by atoms with Crippen LogP contribution in [-0.2, 0) is 8.98 Å². The molecule has 0 spiro atoms. The van der Waals surface area contributed by atoms with Crippen LogP contribution in [0.3, 0.4) is 0 Å².